The van der Waals surface area contributed by atoms with Gasteiger partial charge in [0.2, 0.25) is 0 Å². The lowest BCUT2D eigenvalue weighted by atomic mass is 9.78. The fourth-order valence-electron chi connectivity index (χ4n) is 6.15. The van der Waals surface area contributed by atoms with Crippen LogP contribution in [0.15, 0.2) is 54.6 Å². The Kier molecular flexibility index (Phi) is 7.63. The van der Waals surface area contributed by atoms with E-state index in [4.69, 9.17) is 0 Å². The molecule has 0 radical (unpaired) electrons. The summed E-state index contributed by atoms with van der Waals surface area (Å²) in [6, 6.07) is 17.6. The largest absolute Gasteiger partial charge is 0.508 e. The number of aromatic hydroxyl groups is 1. The maximum absolute atomic E-state index is 13.8. The number of carbonyl (C=O) groups is 1. The topological polar surface area (TPSA) is 60.8 Å². The van der Waals surface area contributed by atoms with Gasteiger partial charge in [-0.2, -0.15) is 0 Å². The van der Waals surface area contributed by atoms with Crippen LogP contribution < -0.4 is 0 Å². The molecule has 1 amide bonds. The maximum atomic E-state index is 13.8. The highest BCUT2D eigenvalue weighted by molar-refractivity contribution is 5.87. The lowest BCUT2D eigenvalue weighted by Gasteiger charge is -2.46. The van der Waals surface area contributed by atoms with Gasteiger partial charge >= 0.3 is 0 Å². The molecule has 5 heteroatoms. The van der Waals surface area contributed by atoms with Crippen LogP contribution in [0.3, 0.4) is 0 Å². The van der Waals surface area contributed by atoms with Gasteiger partial charge in [-0.1, -0.05) is 55.3 Å². The van der Waals surface area contributed by atoms with E-state index in [-0.39, 0.29) is 11.8 Å². The smallest absolute Gasteiger partial charge is 0.259 e. The van der Waals surface area contributed by atoms with Crippen molar-refractivity contribution in [1.82, 2.24) is 4.90 Å². The second-order valence-electron chi connectivity index (χ2n) is 10.6. The molecular formula is C29H41N2O3+. The molecule has 0 aromatic heterocycles. The number of phenolic OH excluding ortho intramolecular Hbond substituents is 1. The Morgan fingerprint density at radius 1 is 1.00 bits per heavy atom. The van der Waals surface area contributed by atoms with Crippen LogP contribution in [0, 0.1) is 5.92 Å². The summed E-state index contributed by atoms with van der Waals surface area (Å²) in [4.78, 5) is 15.8. The second kappa shape index (κ2) is 10.5. The molecule has 1 aliphatic heterocycles. The van der Waals surface area contributed by atoms with Crippen molar-refractivity contribution >= 4 is 5.91 Å². The molecular weight excluding hydrogens is 424 g/mol. The molecule has 184 valence electrons. The van der Waals surface area contributed by atoms with Crippen molar-refractivity contribution in [2.75, 3.05) is 33.2 Å². The van der Waals surface area contributed by atoms with Gasteiger partial charge in [0, 0.05) is 38.3 Å². The van der Waals surface area contributed by atoms with Gasteiger partial charge in [-0.15, -0.1) is 0 Å². The summed E-state index contributed by atoms with van der Waals surface area (Å²) in [6.45, 7) is 5.75. The third-order valence-electron chi connectivity index (χ3n) is 8.69. The van der Waals surface area contributed by atoms with Gasteiger partial charge in [0.15, 0.2) is 5.60 Å². The minimum Gasteiger partial charge on any atom is -0.508 e. The van der Waals surface area contributed by atoms with E-state index in [2.05, 4.69) is 14.0 Å². The fourth-order valence-corrected chi connectivity index (χ4v) is 6.15. The average Bonchev–Trinajstić information content (AvgIpc) is 3.43. The normalized spacial score (nSPS) is 21.2. The van der Waals surface area contributed by atoms with Crippen LogP contribution in [0.2, 0.25) is 0 Å². The van der Waals surface area contributed by atoms with Crippen LogP contribution in [0.25, 0.3) is 0 Å². The minimum absolute atomic E-state index is 0.00196. The number of carbonyl (C=O) groups excluding carboxylic acids is 1. The van der Waals surface area contributed by atoms with Gasteiger partial charge in [-0.25, -0.2) is 0 Å². The second-order valence-corrected chi connectivity index (χ2v) is 10.6. The van der Waals surface area contributed by atoms with Crippen LogP contribution >= 0.6 is 0 Å². The van der Waals surface area contributed by atoms with E-state index in [1.54, 1.807) is 12.1 Å². The first-order valence-corrected chi connectivity index (χ1v) is 13.1. The van der Waals surface area contributed by atoms with Crippen molar-refractivity contribution in [2.24, 2.45) is 5.92 Å². The predicted molar refractivity (Wildman–Crippen MR) is 135 cm³/mol. The molecule has 2 aliphatic rings. The number of hydrogen-bond acceptors (Lipinski definition) is 3. The Labute approximate surface area is 204 Å². The zero-order valence-corrected chi connectivity index (χ0v) is 20.8. The quantitative estimate of drug-likeness (QED) is 0.566. The Hall–Kier alpha value is -2.37. The van der Waals surface area contributed by atoms with Gasteiger partial charge in [0.05, 0.1) is 26.2 Å². The Balaban J connectivity index is 1.43. The third-order valence-corrected chi connectivity index (χ3v) is 8.69. The summed E-state index contributed by atoms with van der Waals surface area (Å²) in [5.74, 6) is 0.211. The van der Waals surface area contributed by atoms with Crippen molar-refractivity contribution in [1.29, 1.82) is 0 Å². The zero-order chi connectivity index (χ0) is 24.2. The highest BCUT2D eigenvalue weighted by atomic mass is 16.3. The molecule has 0 spiro atoms. The zero-order valence-electron chi connectivity index (χ0n) is 20.8. The van der Waals surface area contributed by atoms with E-state index >= 15 is 0 Å². The first-order chi connectivity index (χ1) is 16.4. The summed E-state index contributed by atoms with van der Waals surface area (Å²) in [5, 5.41) is 21.4. The predicted octanol–water partition coefficient (Wildman–Crippen LogP) is 4.47. The SMILES string of the molecule is CC[N+](C)(CCc1ccc(O)cc1)C1CCN(C(=O)C(O)(c2ccccc2)C2CCCC2)CC1. The van der Waals surface area contributed by atoms with Gasteiger partial charge in [0.25, 0.3) is 5.91 Å². The van der Waals surface area contributed by atoms with E-state index < -0.39 is 5.60 Å². The van der Waals surface area contributed by atoms with Crippen LogP contribution in [-0.4, -0.2) is 64.8 Å². The third kappa shape index (κ3) is 5.01. The lowest BCUT2D eigenvalue weighted by molar-refractivity contribution is -0.932. The molecule has 1 aliphatic carbocycles. The molecule has 2 aromatic rings. The van der Waals surface area contributed by atoms with Crippen molar-refractivity contribution in [3.8, 4) is 5.75 Å². The van der Waals surface area contributed by atoms with Crippen molar-refractivity contribution in [3.63, 3.8) is 0 Å². The van der Waals surface area contributed by atoms with Gasteiger partial charge < -0.3 is 19.6 Å². The number of benzene rings is 2. The molecule has 0 bridgehead atoms. The van der Waals surface area contributed by atoms with Crippen molar-refractivity contribution < 1.29 is 19.5 Å². The molecule has 2 N–H and O–H groups in total. The molecule has 1 heterocycles. The Morgan fingerprint density at radius 3 is 2.21 bits per heavy atom. The average molecular weight is 466 g/mol. The van der Waals surface area contributed by atoms with Crippen molar-refractivity contribution in [2.45, 2.75) is 63.5 Å². The van der Waals surface area contributed by atoms with Gasteiger partial charge in [0.1, 0.15) is 5.75 Å². The highest BCUT2D eigenvalue weighted by Gasteiger charge is 2.49. The number of piperidine rings is 1. The molecule has 2 unspecified atom stereocenters. The van der Waals surface area contributed by atoms with E-state index in [9.17, 15) is 15.0 Å². The number of likely N-dealkylation sites (tertiary alicyclic amines) is 1. The monoisotopic (exact) mass is 465 g/mol. The molecule has 4 rings (SSSR count). The summed E-state index contributed by atoms with van der Waals surface area (Å²) < 4.78 is 0.981. The maximum Gasteiger partial charge on any atom is 0.259 e. The van der Waals surface area contributed by atoms with E-state index in [1.165, 1.54) is 5.56 Å². The molecule has 1 saturated heterocycles. The number of likely N-dealkylation sites (N-methyl/N-ethyl adjacent to an activating group) is 1. The highest BCUT2D eigenvalue weighted by Crippen LogP contribution is 2.42. The summed E-state index contributed by atoms with van der Waals surface area (Å²) in [7, 11) is 2.33. The van der Waals surface area contributed by atoms with Crippen LogP contribution in [0.4, 0.5) is 0 Å². The fraction of sp³-hybridized carbons (Fsp3) is 0.552. The molecule has 2 aromatic carbocycles. The van der Waals surface area contributed by atoms with E-state index in [0.29, 0.717) is 24.9 Å². The number of rotatable bonds is 8. The Bertz CT molecular complexity index is 934. The first kappa shape index (κ1) is 24.7. The molecule has 34 heavy (non-hydrogen) atoms. The van der Waals surface area contributed by atoms with Gasteiger partial charge in [-0.3, -0.25) is 4.79 Å². The van der Waals surface area contributed by atoms with E-state index in [0.717, 1.165) is 68.1 Å². The summed E-state index contributed by atoms with van der Waals surface area (Å²) in [5.41, 5.74) is 0.580. The van der Waals surface area contributed by atoms with E-state index in [1.807, 2.05) is 47.4 Å². The molecule has 2 atom stereocenters. The number of phenols is 1. The number of nitrogens with zero attached hydrogens (tertiary/aromatic N) is 2. The van der Waals surface area contributed by atoms with Gasteiger partial charge in [-0.05, 0) is 43.0 Å². The van der Waals surface area contributed by atoms with Crippen LogP contribution in [0.1, 0.15) is 56.6 Å². The Morgan fingerprint density at radius 2 is 1.62 bits per heavy atom. The van der Waals surface area contributed by atoms with Crippen LogP contribution in [-0.2, 0) is 16.8 Å². The minimum atomic E-state index is -1.41. The summed E-state index contributed by atoms with van der Waals surface area (Å²) >= 11 is 0. The number of quaternary nitrogens is 1. The lowest BCUT2D eigenvalue weighted by Crippen LogP contribution is -2.59. The molecule has 1 saturated carbocycles. The van der Waals surface area contributed by atoms with Crippen molar-refractivity contribution in [3.05, 3.63) is 65.7 Å². The standard InChI is InChI=1S/C29H40N2O3/c1-3-31(2,22-19-23-13-15-27(32)16-14-23)26-17-20-30(21-18-26)28(33)29(34,25-11-7-8-12-25)24-9-5-4-6-10-24/h4-6,9-10,13-16,25-26,34H,3,7-8,11-12,17-22H2,1-2H3/p+1. The first-order valence-electron chi connectivity index (χ1n) is 13.1. The molecule has 5 nitrogen and oxygen atoms in total. The molecule has 2 fully saturated rings. The number of amides is 1. The summed E-state index contributed by atoms with van der Waals surface area (Å²) in [6.07, 6.45) is 6.89. The number of aliphatic hydroxyl groups is 1. The number of hydrogen-bond donors (Lipinski definition) is 2. The van der Waals surface area contributed by atoms with Crippen LogP contribution in [0.5, 0.6) is 5.75 Å².